The van der Waals surface area contributed by atoms with Crippen LogP contribution in [0, 0.1) is 0 Å². The van der Waals surface area contributed by atoms with Crippen LogP contribution in [0.5, 0.6) is 0 Å². The van der Waals surface area contributed by atoms with Crippen LogP contribution in [0.4, 0.5) is 0 Å². The maximum Gasteiger partial charge on any atom is 0.335 e. The monoisotopic (exact) mass is 257 g/mol. The number of aliphatic carboxylic acids is 1. The predicted octanol–water partition coefficient (Wildman–Crippen LogP) is -2.96. The van der Waals surface area contributed by atoms with Gasteiger partial charge in [-0.15, -0.1) is 0 Å². The van der Waals surface area contributed by atoms with E-state index < -0.39 is 47.4 Å². The lowest BCUT2D eigenvalue weighted by atomic mass is 10.0. The average molecular weight is 257 g/mol. The number of carboxylic acids is 1. The van der Waals surface area contributed by atoms with Gasteiger partial charge in [-0.05, 0) is 0 Å². The summed E-state index contributed by atoms with van der Waals surface area (Å²) in [5.74, 6) is -1.52. The van der Waals surface area contributed by atoms with Gasteiger partial charge in [0.25, 0.3) is 0 Å². The molecule has 10 heteroatoms. The number of aliphatic hydroxyl groups excluding tert-OH is 2. The van der Waals surface area contributed by atoms with E-state index in [2.05, 4.69) is 8.92 Å². The molecule has 94 valence electrons. The first-order valence-corrected chi connectivity index (χ1v) is 5.40. The van der Waals surface area contributed by atoms with Crippen molar-refractivity contribution < 1.29 is 42.0 Å². The van der Waals surface area contributed by atoms with Gasteiger partial charge in [0.2, 0.25) is 10.4 Å². The molecule has 3 N–H and O–H groups in total. The third-order valence-corrected chi connectivity index (χ3v) is 2.45. The maximum absolute atomic E-state index is 10.5. The average Bonchev–Trinajstić information content (AvgIpc) is 2.10. The molecule has 1 saturated heterocycles. The van der Waals surface area contributed by atoms with Crippen molar-refractivity contribution in [3.8, 4) is 0 Å². The van der Waals surface area contributed by atoms with Crippen LogP contribution in [0.3, 0.4) is 0 Å². The molecule has 1 aliphatic rings. The molecule has 0 aromatic carbocycles. The third-order valence-electron chi connectivity index (χ3n) is 1.97. The number of hydrogen-bond acceptors (Lipinski definition) is 8. The van der Waals surface area contributed by atoms with Crippen molar-refractivity contribution in [2.24, 2.45) is 0 Å². The molecule has 0 aromatic heterocycles. The van der Waals surface area contributed by atoms with Gasteiger partial charge in [-0.2, -0.15) is 0 Å². The molecular weight excluding hydrogens is 248 g/mol. The fourth-order valence-corrected chi connectivity index (χ4v) is 1.72. The Labute approximate surface area is 90.2 Å². The van der Waals surface area contributed by atoms with E-state index in [4.69, 9.17) is 5.11 Å². The SMILES string of the molecule is O=C(O)C1OCC(OS(=O)(=O)[O-])[C@H](O)[C@@H]1O. The van der Waals surface area contributed by atoms with Crippen LogP contribution in [0.25, 0.3) is 0 Å². The van der Waals surface area contributed by atoms with Crippen molar-refractivity contribution in [2.45, 2.75) is 24.4 Å². The Bertz CT molecular complexity index is 362. The van der Waals surface area contributed by atoms with Crippen LogP contribution in [0.15, 0.2) is 0 Å². The molecule has 0 amide bonds. The summed E-state index contributed by atoms with van der Waals surface area (Å²) in [4.78, 5) is 10.5. The molecule has 0 aliphatic carbocycles. The minimum atomic E-state index is -5.07. The number of ether oxygens (including phenoxy) is 1. The van der Waals surface area contributed by atoms with Crippen molar-refractivity contribution in [2.75, 3.05) is 6.61 Å². The summed E-state index contributed by atoms with van der Waals surface area (Å²) in [5.41, 5.74) is 0. The molecule has 1 rings (SSSR count). The zero-order valence-corrected chi connectivity index (χ0v) is 8.53. The van der Waals surface area contributed by atoms with Crippen LogP contribution >= 0.6 is 0 Å². The molecular formula is C6H9O9S-. The molecule has 1 heterocycles. The molecule has 0 radical (unpaired) electrons. The van der Waals surface area contributed by atoms with E-state index in [0.717, 1.165) is 0 Å². The molecule has 0 spiro atoms. The van der Waals surface area contributed by atoms with Crippen molar-refractivity contribution in [1.29, 1.82) is 0 Å². The molecule has 2 unspecified atom stereocenters. The van der Waals surface area contributed by atoms with E-state index in [1.807, 2.05) is 0 Å². The molecule has 0 bridgehead atoms. The normalized spacial score (nSPS) is 35.9. The minimum Gasteiger partial charge on any atom is -0.726 e. The number of hydrogen-bond donors (Lipinski definition) is 3. The van der Waals surface area contributed by atoms with Gasteiger partial charge in [0.15, 0.2) is 6.10 Å². The highest BCUT2D eigenvalue weighted by atomic mass is 32.3. The van der Waals surface area contributed by atoms with Gasteiger partial charge in [-0.3, -0.25) is 4.18 Å². The fraction of sp³-hybridized carbons (Fsp3) is 0.833. The smallest absolute Gasteiger partial charge is 0.335 e. The summed E-state index contributed by atoms with van der Waals surface area (Å²) >= 11 is 0. The van der Waals surface area contributed by atoms with Gasteiger partial charge in [-0.25, -0.2) is 13.2 Å². The van der Waals surface area contributed by atoms with Crippen LogP contribution in [0.1, 0.15) is 0 Å². The molecule has 0 saturated carbocycles. The summed E-state index contributed by atoms with van der Waals surface area (Å²) in [6, 6.07) is 0. The summed E-state index contributed by atoms with van der Waals surface area (Å²) in [5, 5.41) is 27.1. The van der Waals surface area contributed by atoms with Crippen LogP contribution in [0.2, 0.25) is 0 Å². The van der Waals surface area contributed by atoms with Gasteiger partial charge >= 0.3 is 5.97 Å². The number of aliphatic hydroxyl groups is 2. The molecule has 4 atom stereocenters. The summed E-state index contributed by atoms with van der Waals surface area (Å²) in [7, 11) is -5.07. The minimum absolute atomic E-state index is 0.628. The summed E-state index contributed by atoms with van der Waals surface area (Å²) in [6.07, 6.45) is -7.02. The Morgan fingerprint density at radius 1 is 1.38 bits per heavy atom. The Morgan fingerprint density at radius 2 is 1.94 bits per heavy atom. The predicted molar refractivity (Wildman–Crippen MR) is 44.0 cm³/mol. The lowest BCUT2D eigenvalue weighted by molar-refractivity contribution is -0.197. The van der Waals surface area contributed by atoms with Gasteiger partial charge in [-0.1, -0.05) is 0 Å². The molecule has 0 aromatic rings. The Hall–Kier alpha value is -0.780. The van der Waals surface area contributed by atoms with E-state index in [1.165, 1.54) is 0 Å². The van der Waals surface area contributed by atoms with Gasteiger partial charge in [0, 0.05) is 0 Å². The highest BCUT2D eigenvalue weighted by molar-refractivity contribution is 7.80. The molecule has 1 aliphatic heterocycles. The van der Waals surface area contributed by atoms with Gasteiger partial charge < -0.3 is 24.6 Å². The third kappa shape index (κ3) is 3.10. The zero-order chi connectivity index (χ0) is 12.5. The summed E-state index contributed by atoms with van der Waals surface area (Å²) in [6.45, 7) is -0.628. The lowest BCUT2D eigenvalue weighted by Gasteiger charge is -2.35. The number of rotatable bonds is 3. The fourth-order valence-electron chi connectivity index (χ4n) is 1.25. The van der Waals surface area contributed by atoms with Crippen LogP contribution in [-0.4, -0.2) is 65.3 Å². The van der Waals surface area contributed by atoms with E-state index in [1.54, 1.807) is 0 Å². The van der Waals surface area contributed by atoms with Gasteiger partial charge in [0.1, 0.15) is 18.3 Å². The summed E-state index contributed by atoms with van der Waals surface area (Å²) < 4.78 is 39.1. The number of carbonyl (C=O) groups is 1. The topological polar surface area (TPSA) is 153 Å². The molecule has 16 heavy (non-hydrogen) atoms. The van der Waals surface area contributed by atoms with Crippen molar-refractivity contribution >= 4 is 16.4 Å². The highest BCUT2D eigenvalue weighted by Crippen LogP contribution is 2.19. The second-order valence-electron chi connectivity index (χ2n) is 3.12. The quantitative estimate of drug-likeness (QED) is 0.355. The first-order valence-electron chi connectivity index (χ1n) is 4.07. The second-order valence-corrected chi connectivity index (χ2v) is 4.13. The van der Waals surface area contributed by atoms with Crippen molar-refractivity contribution in [3.63, 3.8) is 0 Å². The Balaban J connectivity index is 2.72. The standard InChI is InChI=1S/C6H10O9S/c7-3-2(15-16(11,12)13)1-14-5(4(3)8)6(9)10/h2-5,7-8H,1H2,(H,9,10)(H,11,12,13)/p-1/t2?,3-,4-,5?/m0/s1. The first kappa shape index (κ1) is 13.3. The van der Waals surface area contributed by atoms with Gasteiger partial charge in [0.05, 0.1) is 6.61 Å². The van der Waals surface area contributed by atoms with E-state index >= 15 is 0 Å². The highest BCUT2D eigenvalue weighted by Gasteiger charge is 2.43. The Kier molecular flexibility index (Phi) is 3.83. The van der Waals surface area contributed by atoms with Crippen molar-refractivity contribution in [3.05, 3.63) is 0 Å². The first-order chi connectivity index (χ1) is 7.22. The van der Waals surface area contributed by atoms with Crippen molar-refractivity contribution in [1.82, 2.24) is 0 Å². The maximum atomic E-state index is 10.5. The zero-order valence-electron chi connectivity index (χ0n) is 7.72. The second kappa shape index (κ2) is 4.61. The van der Waals surface area contributed by atoms with E-state index in [-0.39, 0.29) is 0 Å². The molecule has 9 nitrogen and oxygen atoms in total. The van der Waals surface area contributed by atoms with Crippen LogP contribution in [-0.2, 0) is 24.1 Å². The Morgan fingerprint density at radius 3 is 2.38 bits per heavy atom. The number of carboxylic acid groups (broad SMARTS) is 1. The van der Waals surface area contributed by atoms with E-state index in [0.29, 0.717) is 0 Å². The van der Waals surface area contributed by atoms with E-state index in [9.17, 15) is 28.0 Å². The van der Waals surface area contributed by atoms with Crippen LogP contribution < -0.4 is 0 Å². The largest absolute Gasteiger partial charge is 0.726 e. The lowest BCUT2D eigenvalue weighted by Crippen LogP contribution is -2.56. The molecule has 1 fully saturated rings.